The summed E-state index contributed by atoms with van der Waals surface area (Å²) in [5.41, 5.74) is 7.15. The van der Waals surface area contributed by atoms with Gasteiger partial charge in [-0.15, -0.1) is 0 Å². The predicted molar refractivity (Wildman–Crippen MR) is 74.4 cm³/mol. The first-order chi connectivity index (χ1) is 8.72. The Morgan fingerprint density at radius 1 is 1.22 bits per heavy atom. The largest absolute Gasteiger partial charge is 0.384 e. The van der Waals surface area contributed by atoms with Gasteiger partial charge in [-0.2, -0.15) is 0 Å². The molecule has 0 bridgehead atoms. The molecule has 0 amide bonds. The number of para-hydroxylation sites is 1. The molecule has 1 aromatic heterocycles. The van der Waals surface area contributed by atoms with Gasteiger partial charge in [-0.05, 0) is 31.2 Å². The molecule has 0 aliphatic carbocycles. The first kappa shape index (κ1) is 12.1. The van der Waals surface area contributed by atoms with E-state index in [1.807, 2.05) is 42.5 Å². The Kier molecular flexibility index (Phi) is 3.57. The number of aromatic nitrogens is 1. The lowest BCUT2D eigenvalue weighted by Gasteiger charge is -2.22. The maximum absolute atomic E-state index is 7.35. The third-order valence-electron chi connectivity index (χ3n) is 2.72. The number of anilines is 2. The van der Waals surface area contributed by atoms with Crippen molar-refractivity contribution in [1.29, 1.82) is 5.41 Å². The van der Waals surface area contributed by atoms with Gasteiger partial charge in [0.2, 0.25) is 0 Å². The Labute approximate surface area is 107 Å². The van der Waals surface area contributed by atoms with Gasteiger partial charge < -0.3 is 10.6 Å². The number of pyridine rings is 1. The Balaban J connectivity index is 2.31. The summed E-state index contributed by atoms with van der Waals surface area (Å²) < 4.78 is 0. The van der Waals surface area contributed by atoms with E-state index in [0.29, 0.717) is 5.56 Å². The minimum atomic E-state index is 0.0387. The number of amidine groups is 1. The van der Waals surface area contributed by atoms with Crippen molar-refractivity contribution in [1.82, 2.24) is 4.98 Å². The molecule has 0 aliphatic heterocycles. The third kappa shape index (κ3) is 2.48. The van der Waals surface area contributed by atoms with E-state index in [0.717, 1.165) is 18.1 Å². The number of nitrogens with one attached hydrogen (secondary N) is 1. The van der Waals surface area contributed by atoms with Crippen molar-refractivity contribution >= 4 is 17.3 Å². The van der Waals surface area contributed by atoms with E-state index < -0.39 is 0 Å². The monoisotopic (exact) mass is 240 g/mol. The molecular formula is C14H16N4. The number of hydrogen-bond acceptors (Lipinski definition) is 3. The van der Waals surface area contributed by atoms with Gasteiger partial charge >= 0.3 is 0 Å². The van der Waals surface area contributed by atoms with Gasteiger partial charge in [0.1, 0.15) is 11.7 Å². The molecule has 0 saturated heterocycles. The zero-order valence-corrected chi connectivity index (χ0v) is 10.3. The van der Waals surface area contributed by atoms with Crippen molar-refractivity contribution in [2.75, 3.05) is 11.4 Å². The Bertz CT molecular complexity index is 519. The highest BCUT2D eigenvalue weighted by molar-refractivity contribution is 5.94. The second-order valence-corrected chi connectivity index (χ2v) is 3.90. The smallest absolute Gasteiger partial charge is 0.132 e. The molecule has 2 rings (SSSR count). The molecule has 1 aromatic carbocycles. The molecule has 0 fully saturated rings. The second-order valence-electron chi connectivity index (χ2n) is 3.90. The number of rotatable bonds is 4. The fraction of sp³-hybridized carbons (Fsp3) is 0.143. The van der Waals surface area contributed by atoms with Crippen LogP contribution < -0.4 is 10.6 Å². The van der Waals surface area contributed by atoms with Gasteiger partial charge in [-0.1, -0.05) is 18.2 Å². The van der Waals surface area contributed by atoms with Gasteiger partial charge in [0.15, 0.2) is 0 Å². The summed E-state index contributed by atoms with van der Waals surface area (Å²) in [6, 6.07) is 13.8. The van der Waals surface area contributed by atoms with Gasteiger partial charge in [-0.3, -0.25) is 5.41 Å². The van der Waals surface area contributed by atoms with Crippen LogP contribution in [0.15, 0.2) is 48.7 Å². The molecule has 0 saturated carbocycles. The quantitative estimate of drug-likeness (QED) is 0.637. The lowest BCUT2D eigenvalue weighted by Crippen LogP contribution is -2.18. The van der Waals surface area contributed by atoms with Crippen LogP contribution in [0.1, 0.15) is 12.5 Å². The van der Waals surface area contributed by atoms with E-state index in [2.05, 4.69) is 16.8 Å². The fourth-order valence-corrected chi connectivity index (χ4v) is 1.79. The maximum Gasteiger partial charge on any atom is 0.132 e. The Morgan fingerprint density at radius 2 is 1.94 bits per heavy atom. The van der Waals surface area contributed by atoms with Crippen molar-refractivity contribution < 1.29 is 0 Å². The first-order valence-corrected chi connectivity index (χ1v) is 5.85. The highest BCUT2D eigenvalue weighted by Crippen LogP contribution is 2.22. The van der Waals surface area contributed by atoms with Gasteiger partial charge in [0.05, 0.1) is 0 Å². The van der Waals surface area contributed by atoms with E-state index in [1.54, 1.807) is 6.20 Å². The molecule has 0 unspecified atom stereocenters. The fourth-order valence-electron chi connectivity index (χ4n) is 1.79. The SMILES string of the molecule is CCN(c1ccccc1)c1ccc(C(=N)N)cn1. The molecule has 0 atom stereocenters. The number of hydrogen-bond donors (Lipinski definition) is 2. The summed E-state index contributed by atoms with van der Waals surface area (Å²) in [5.74, 6) is 0.894. The average molecular weight is 240 g/mol. The Hall–Kier alpha value is -2.36. The van der Waals surface area contributed by atoms with Gasteiger partial charge in [0.25, 0.3) is 0 Å². The number of nitrogen functional groups attached to an aromatic ring is 1. The van der Waals surface area contributed by atoms with Crippen LogP contribution in [0.4, 0.5) is 11.5 Å². The highest BCUT2D eigenvalue weighted by atomic mass is 15.2. The third-order valence-corrected chi connectivity index (χ3v) is 2.72. The number of benzene rings is 1. The second kappa shape index (κ2) is 5.31. The van der Waals surface area contributed by atoms with E-state index >= 15 is 0 Å². The number of nitrogens with two attached hydrogens (primary N) is 1. The predicted octanol–water partition coefficient (Wildman–Crippen LogP) is 2.52. The van der Waals surface area contributed by atoms with Gasteiger partial charge in [-0.25, -0.2) is 4.98 Å². The standard InChI is InChI=1S/C14H16N4/c1-2-18(12-6-4-3-5-7-12)13-9-8-11(10-17-13)14(15)16/h3-10H,2H2,1H3,(H3,15,16). The molecule has 4 nitrogen and oxygen atoms in total. The topological polar surface area (TPSA) is 66.0 Å². The molecule has 18 heavy (non-hydrogen) atoms. The molecule has 92 valence electrons. The van der Waals surface area contributed by atoms with Crippen LogP contribution in [0, 0.1) is 5.41 Å². The molecule has 1 heterocycles. The van der Waals surface area contributed by atoms with Crippen molar-refractivity contribution in [3.05, 3.63) is 54.2 Å². The van der Waals surface area contributed by atoms with E-state index in [4.69, 9.17) is 11.1 Å². The molecule has 3 N–H and O–H groups in total. The molecular weight excluding hydrogens is 224 g/mol. The molecule has 0 spiro atoms. The maximum atomic E-state index is 7.35. The number of nitrogens with zero attached hydrogens (tertiary/aromatic N) is 2. The van der Waals surface area contributed by atoms with Crippen LogP contribution in [0.5, 0.6) is 0 Å². The highest BCUT2D eigenvalue weighted by Gasteiger charge is 2.08. The van der Waals surface area contributed by atoms with E-state index in [1.165, 1.54) is 0 Å². The zero-order chi connectivity index (χ0) is 13.0. The lowest BCUT2D eigenvalue weighted by molar-refractivity contribution is 0.989. The zero-order valence-electron chi connectivity index (χ0n) is 10.3. The van der Waals surface area contributed by atoms with Crippen LogP contribution in [0.2, 0.25) is 0 Å². The van der Waals surface area contributed by atoms with Crippen LogP contribution in [0.3, 0.4) is 0 Å². The van der Waals surface area contributed by atoms with Crippen molar-refractivity contribution in [3.8, 4) is 0 Å². The van der Waals surface area contributed by atoms with Gasteiger partial charge in [0, 0.05) is 24.0 Å². The van der Waals surface area contributed by atoms with Crippen LogP contribution in [0.25, 0.3) is 0 Å². The summed E-state index contributed by atoms with van der Waals surface area (Å²) in [6.07, 6.45) is 1.63. The summed E-state index contributed by atoms with van der Waals surface area (Å²) in [7, 11) is 0. The van der Waals surface area contributed by atoms with Crippen LogP contribution in [-0.4, -0.2) is 17.4 Å². The minimum absolute atomic E-state index is 0.0387. The van der Waals surface area contributed by atoms with Crippen molar-refractivity contribution in [2.45, 2.75) is 6.92 Å². The molecule has 2 aromatic rings. The van der Waals surface area contributed by atoms with Crippen molar-refractivity contribution in [3.63, 3.8) is 0 Å². The lowest BCUT2D eigenvalue weighted by atomic mass is 10.2. The average Bonchev–Trinajstić information content (AvgIpc) is 2.41. The summed E-state index contributed by atoms with van der Waals surface area (Å²) in [4.78, 5) is 6.45. The van der Waals surface area contributed by atoms with Crippen LogP contribution >= 0.6 is 0 Å². The minimum Gasteiger partial charge on any atom is -0.384 e. The van der Waals surface area contributed by atoms with Crippen LogP contribution in [-0.2, 0) is 0 Å². The summed E-state index contributed by atoms with van der Waals surface area (Å²) in [5, 5.41) is 7.35. The van der Waals surface area contributed by atoms with E-state index in [-0.39, 0.29) is 5.84 Å². The normalized spacial score (nSPS) is 10.1. The Morgan fingerprint density at radius 3 is 2.44 bits per heavy atom. The van der Waals surface area contributed by atoms with Crippen molar-refractivity contribution in [2.24, 2.45) is 5.73 Å². The van der Waals surface area contributed by atoms with E-state index in [9.17, 15) is 0 Å². The summed E-state index contributed by atoms with van der Waals surface area (Å²) >= 11 is 0. The summed E-state index contributed by atoms with van der Waals surface area (Å²) in [6.45, 7) is 2.91. The molecule has 4 heteroatoms. The molecule has 0 aliphatic rings. The first-order valence-electron chi connectivity index (χ1n) is 5.85. The molecule has 0 radical (unpaired) electrons.